The summed E-state index contributed by atoms with van der Waals surface area (Å²) in [7, 11) is -3.57. The van der Waals surface area contributed by atoms with Crippen molar-refractivity contribution in [1.29, 1.82) is 0 Å². The summed E-state index contributed by atoms with van der Waals surface area (Å²) in [6, 6.07) is 4.33. The molecule has 0 amide bonds. The molecule has 0 aliphatic heterocycles. The molecular weight excluding hydrogens is 293 g/mol. The number of rotatable bonds is 4. The van der Waals surface area contributed by atoms with Crippen molar-refractivity contribution in [2.45, 2.75) is 32.1 Å². The molecule has 0 aliphatic carbocycles. The molecule has 0 aliphatic rings. The molecule has 0 bridgehead atoms. The van der Waals surface area contributed by atoms with E-state index >= 15 is 0 Å². The van der Waals surface area contributed by atoms with E-state index in [1.54, 1.807) is 0 Å². The lowest BCUT2D eigenvalue weighted by molar-refractivity contribution is 0.378. The van der Waals surface area contributed by atoms with Gasteiger partial charge in [0.05, 0.1) is 5.02 Å². The molecule has 0 saturated heterocycles. The van der Waals surface area contributed by atoms with Gasteiger partial charge in [-0.1, -0.05) is 44.0 Å². The van der Waals surface area contributed by atoms with E-state index in [0.717, 1.165) is 6.42 Å². The van der Waals surface area contributed by atoms with E-state index in [2.05, 4.69) is 25.5 Å². The highest BCUT2D eigenvalue weighted by molar-refractivity contribution is 7.89. The molecule has 0 aromatic heterocycles. The Hall–Kier alpha value is -0.290. The minimum Gasteiger partial charge on any atom is -0.211 e. The van der Waals surface area contributed by atoms with Crippen LogP contribution in [0.1, 0.15) is 27.2 Å². The summed E-state index contributed by atoms with van der Waals surface area (Å²) < 4.78 is 26.6. The van der Waals surface area contributed by atoms with Gasteiger partial charge in [0.15, 0.2) is 0 Å². The van der Waals surface area contributed by atoms with Gasteiger partial charge in [-0.15, -0.1) is 0 Å². The first-order chi connectivity index (χ1) is 8.12. The van der Waals surface area contributed by atoms with Gasteiger partial charge in [0.1, 0.15) is 4.90 Å². The average molecular weight is 310 g/mol. The Morgan fingerprint density at radius 1 is 1.22 bits per heavy atom. The minimum absolute atomic E-state index is 0.0578. The zero-order valence-electron chi connectivity index (χ0n) is 10.6. The van der Waals surface area contributed by atoms with E-state index in [1.807, 2.05) is 0 Å². The third-order valence-electron chi connectivity index (χ3n) is 2.35. The van der Waals surface area contributed by atoms with E-state index < -0.39 is 10.0 Å². The van der Waals surface area contributed by atoms with Crippen molar-refractivity contribution in [1.82, 2.24) is 4.72 Å². The van der Waals surface area contributed by atoms with E-state index in [1.165, 1.54) is 18.2 Å². The highest BCUT2D eigenvalue weighted by atomic mass is 35.5. The number of sulfonamides is 1. The van der Waals surface area contributed by atoms with E-state index in [0.29, 0.717) is 11.6 Å². The number of halogens is 2. The van der Waals surface area contributed by atoms with Crippen molar-refractivity contribution >= 4 is 33.2 Å². The van der Waals surface area contributed by atoms with Crippen LogP contribution in [0.25, 0.3) is 0 Å². The SMILES string of the molecule is CC(C)(C)CCNS(=O)(=O)c1ccc(Cl)cc1Cl. The van der Waals surface area contributed by atoms with Gasteiger partial charge in [0.2, 0.25) is 10.0 Å². The fourth-order valence-electron chi connectivity index (χ4n) is 1.33. The molecule has 1 aromatic carbocycles. The Morgan fingerprint density at radius 3 is 2.33 bits per heavy atom. The summed E-state index contributed by atoms with van der Waals surface area (Å²) in [6.07, 6.45) is 0.747. The van der Waals surface area contributed by atoms with E-state index in [-0.39, 0.29) is 15.3 Å². The summed E-state index contributed by atoms with van der Waals surface area (Å²) in [4.78, 5) is 0.0578. The molecule has 6 heteroatoms. The second-order valence-electron chi connectivity index (χ2n) is 5.28. The normalized spacial score (nSPS) is 12.7. The van der Waals surface area contributed by atoms with Crippen LogP contribution in [0.3, 0.4) is 0 Å². The average Bonchev–Trinajstić information content (AvgIpc) is 2.13. The largest absolute Gasteiger partial charge is 0.242 e. The molecule has 0 fully saturated rings. The molecule has 102 valence electrons. The Balaban J connectivity index is 2.81. The van der Waals surface area contributed by atoms with Gasteiger partial charge in [0, 0.05) is 11.6 Å². The standard InChI is InChI=1S/C12H17Cl2NO2S/c1-12(2,3)6-7-15-18(16,17)11-5-4-9(13)8-10(11)14/h4-5,8,15H,6-7H2,1-3H3. The van der Waals surface area contributed by atoms with Gasteiger partial charge in [0.25, 0.3) is 0 Å². The number of nitrogens with one attached hydrogen (secondary N) is 1. The van der Waals surface area contributed by atoms with Crippen molar-refractivity contribution in [2.75, 3.05) is 6.54 Å². The zero-order valence-corrected chi connectivity index (χ0v) is 13.0. The van der Waals surface area contributed by atoms with Gasteiger partial charge in [-0.3, -0.25) is 0 Å². The number of benzene rings is 1. The maximum Gasteiger partial charge on any atom is 0.242 e. The lowest BCUT2D eigenvalue weighted by Crippen LogP contribution is -2.27. The summed E-state index contributed by atoms with van der Waals surface area (Å²) in [5.41, 5.74) is 0.0757. The monoisotopic (exact) mass is 309 g/mol. The molecule has 1 aromatic rings. The fraction of sp³-hybridized carbons (Fsp3) is 0.500. The summed E-state index contributed by atoms with van der Waals surface area (Å²) in [5, 5.41) is 0.541. The van der Waals surface area contributed by atoms with Crippen molar-refractivity contribution < 1.29 is 8.42 Å². The Labute approximate surface area is 119 Å². The maximum absolute atomic E-state index is 12.0. The van der Waals surface area contributed by atoms with Crippen LogP contribution in [-0.4, -0.2) is 15.0 Å². The Kier molecular flexibility index (Phi) is 5.06. The summed E-state index contributed by atoms with van der Waals surface area (Å²) in [5.74, 6) is 0. The highest BCUT2D eigenvalue weighted by Crippen LogP contribution is 2.25. The van der Waals surface area contributed by atoms with Crippen LogP contribution in [0.15, 0.2) is 23.1 Å². The lowest BCUT2D eigenvalue weighted by atomic mass is 9.93. The van der Waals surface area contributed by atoms with Crippen molar-refractivity contribution in [3.05, 3.63) is 28.2 Å². The molecule has 0 spiro atoms. The molecular formula is C12H17Cl2NO2S. The minimum atomic E-state index is -3.57. The van der Waals surface area contributed by atoms with Crippen LogP contribution in [0.2, 0.25) is 10.0 Å². The van der Waals surface area contributed by atoms with Crippen LogP contribution < -0.4 is 4.72 Å². The van der Waals surface area contributed by atoms with Gasteiger partial charge >= 0.3 is 0 Å². The predicted molar refractivity (Wildman–Crippen MR) is 75.7 cm³/mol. The third-order valence-corrected chi connectivity index (χ3v) is 4.53. The Morgan fingerprint density at radius 2 is 1.83 bits per heavy atom. The van der Waals surface area contributed by atoms with Crippen molar-refractivity contribution in [2.24, 2.45) is 5.41 Å². The molecule has 0 atom stereocenters. The topological polar surface area (TPSA) is 46.2 Å². The molecule has 0 radical (unpaired) electrons. The second kappa shape index (κ2) is 5.78. The first-order valence-electron chi connectivity index (χ1n) is 5.56. The van der Waals surface area contributed by atoms with Crippen LogP contribution in [0, 0.1) is 5.41 Å². The van der Waals surface area contributed by atoms with Crippen molar-refractivity contribution in [3.8, 4) is 0 Å². The predicted octanol–water partition coefficient (Wildman–Crippen LogP) is 3.71. The smallest absolute Gasteiger partial charge is 0.211 e. The van der Waals surface area contributed by atoms with Crippen molar-refractivity contribution in [3.63, 3.8) is 0 Å². The quantitative estimate of drug-likeness (QED) is 0.921. The summed E-state index contributed by atoms with van der Waals surface area (Å²) in [6.45, 7) is 6.54. The van der Waals surface area contributed by atoms with Gasteiger partial charge in [-0.25, -0.2) is 13.1 Å². The first kappa shape index (κ1) is 15.8. The van der Waals surface area contributed by atoms with Crippen LogP contribution in [-0.2, 0) is 10.0 Å². The molecule has 0 saturated carbocycles. The lowest BCUT2D eigenvalue weighted by Gasteiger charge is -2.18. The number of hydrogen-bond donors (Lipinski definition) is 1. The third kappa shape index (κ3) is 4.76. The molecule has 0 heterocycles. The highest BCUT2D eigenvalue weighted by Gasteiger charge is 2.19. The van der Waals surface area contributed by atoms with E-state index in [4.69, 9.17) is 23.2 Å². The molecule has 1 rings (SSSR count). The fourth-order valence-corrected chi connectivity index (χ4v) is 3.13. The molecule has 0 unspecified atom stereocenters. The van der Waals surface area contributed by atoms with E-state index in [9.17, 15) is 8.42 Å². The zero-order chi connectivity index (χ0) is 14.0. The van der Waals surface area contributed by atoms with Crippen LogP contribution >= 0.6 is 23.2 Å². The second-order valence-corrected chi connectivity index (χ2v) is 7.86. The van der Waals surface area contributed by atoms with Crippen LogP contribution in [0.5, 0.6) is 0 Å². The van der Waals surface area contributed by atoms with Gasteiger partial charge < -0.3 is 0 Å². The van der Waals surface area contributed by atoms with Gasteiger partial charge in [-0.05, 0) is 30.0 Å². The van der Waals surface area contributed by atoms with Gasteiger partial charge in [-0.2, -0.15) is 0 Å². The Bertz CT molecular complexity index is 521. The molecule has 1 N–H and O–H groups in total. The maximum atomic E-state index is 12.0. The van der Waals surface area contributed by atoms with Crippen LogP contribution in [0.4, 0.5) is 0 Å². The molecule has 3 nitrogen and oxygen atoms in total. The first-order valence-corrected chi connectivity index (χ1v) is 7.80. The number of hydrogen-bond acceptors (Lipinski definition) is 2. The molecule has 18 heavy (non-hydrogen) atoms. The summed E-state index contributed by atoms with van der Waals surface area (Å²) >= 11 is 11.6.